The fourth-order valence-corrected chi connectivity index (χ4v) is 0.904. The van der Waals surface area contributed by atoms with Gasteiger partial charge in [-0.3, -0.25) is 0 Å². The number of oxime groups is 1. The van der Waals surface area contributed by atoms with Gasteiger partial charge in [-0.2, -0.15) is 0 Å². The summed E-state index contributed by atoms with van der Waals surface area (Å²) in [6.07, 6.45) is 1.47. The Balaban J connectivity index is 2.56. The van der Waals surface area contributed by atoms with E-state index < -0.39 is 0 Å². The molecule has 0 atom stereocenters. The molecule has 1 rings (SSSR count). The highest BCUT2D eigenvalue weighted by atomic mass is 16.5. The van der Waals surface area contributed by atoms with E-state index in [9.17, 15) is 0 Å². The van der Waals surface area contributed by atoms with E-state index >= 15 is 0 Å². The molecule has 6 heteroatoms. The summed E-state index contributed by atoms with van der Waals surface area (Å²) in [5.41, 5.74) is 5.90. The molecule has 0 bridgehead atoms. The van der Waals surface area contributed by atoms with Crippen molar-refractivity contribution >= 4 is 5.84 Å². The number of aromatic nitrogens is 1. The van der Waals surface area contributed by atoms with Crippen LogP contribution in [0.5, 0.6) is 5.88 Å². The van der Waals surface area contributed by atoms with Crippen molar-refractivity contribution in [3.05, 3.63) is 23.9 Å². The van der Waals surface area contributed by atoms with Crippen molar-refractivity contribution in [3.63, 3.8) is 0 Å². The molecule has 0 aliphatic carbocycles. The van der Waals surface area contributed by atoms with Gasteiger partial charge in [0.15, 0.2) is 5.84 Å². The lowest BCUT2D eigenvalue weighted by Crippen LogP contribution is -2.13. The first kappa shape index (κ1) is 11.3. The van der Waals surface area contributed by atoms with Crippen molar-refractivity contribution in [1.29, 1.82) is 0 Å². The predicted octanol–water partition coefficient (Wildman–Crippen LogP) is 0.201. The molecule has 0 unspecified atom stereocenters. The van der Waals surface area contributed by atoms with Crippen molar-refractivity contribution in [1.82, 2.24) is 4.98 Å². The molecule has 0 saturated carbocycles. The number of hydrogen-bond donors (Lipinski definition) is 2. The Morgan fingerprint density at radius 1 is 1.53 bits per heavy atom. The lowest BCUT2D eigenvalue weighted by atomic mass is 10.3. The maximum atomic E-state index is 8.42. The molecule has 1 heterocycles. The summed E-state index contributed by atoms with van der Waals surface area (Å²) in [5, 5.41) is 11.3. The first-order chi connectivity index (χ1) is 7.27. The number of amidine groups is 1. The van der Waals surface area contributed by atoms with Crippen LogP contribution < -0.4 is 10.5 Å². The lowest BCUT2D eigenvalue weighted by molar-refractivity contribution is 0.144. The predicted molar refractivity (Wildman–Crippen MR) is 54.1 cm³/mol. The van der Waals surface area contributed by atoms with Crippen LogP contribution in [0.15, 0.2) is 23.5 Å². The molecule has 82 valence electrons. The molecule has 1 aromatic heterocycles. The quantitative estimate of drug-likeness (QED) is 0.239. The van der Waals surface area contributed by atoms with E-state index in [1.54, 1.807) is 19.2 Å². The third-order valence-corrected chi connectivity index (χ3v) is 1.68. The van der Waals surface area contributed by atoms with Crippen LogP contribution in [0.25, 0.3) is 0 Å². The van der Waals surface area contributed by atoms with Crippen LogP contribution in [0, 0.1) is 0 Å². The summed E-state index contributed by atoms with van der Waals surface area (Å²) in [6, 6.07) is 3.30. The molecular formula is C9H13N3O3. The van der Waals surface area contributed by atoms with Crippen LogP contribution in [-0.4, -0.2) is 36.4 Å². The van der Waals surface area contributed by atoms with Crippen molar-refractivity contribution < 1.29 is 14.7 Å². The standard InChI is InChI=1S/C9H13N3O3/c1-14-4-5-15-8-3-2-7(6-11-8)9(10)12-13/h2-3,6,13H,4-5H2,1H3,(H2,10,12). The van der Waals surface area contributed by atoms with E-state index in [4.69, 9.17) is 20.4 Å². The van der Waals surface area contributed by atoms with Crippen LogP contribution in [0.2, 0.25) is 0 Å². The van der Waals surface area contributed by atoms with Crippen molar-refractivity contribution in [3.8, 4) is 5.88 Å². The van der Waals surface area contributed by atoms with Crippen LogP contribution in [0.1, 0.15) is 5.56 Å². The molecule has 15 heavy (non-hydrogen) atoms. The number of rotatable bonds is 5. The minimum atomic E-state index is 0.0194. The Bertz CT molecular complexity index is 324. The smallest absolute Gasteiger partial charge is 0.213 e. The van der Waals surface area contributed by atoms with Gasteiger partial charge in [-0.1, -0.05) is 5.16 Å². The number of nitrogens with two attached hydrogens (primary N) is 1. The molecule has 0 saturated heterocycles. The van der Waals surface area contributed by atoms with E-state index in [2.05, 4.69) is 10.1 Å². The molecule has 0 fully saturated rings. The summed E-state index contributed by atoms with van der Waals surface area (Å²) in [5.74, 6) is 0.493. The van der Waals surface area contributed by atoms with E-state index in [1.807, 2.05) is 0 Å². The first-order valence-electron chi connectivity index (χ1n) is 4.33. The number of pyridine rings is 1. The van der Waals surface area contributed by atoms with Gasteiger partial charge in [0.1, 0.15) is 6.61 Å². The summed E-state index contributed by atoms with van der Waals surface area (Å²) in [6.45, 7) is 0.941. The Morgan fingerprint density at radius 3 is 2.87 bits per heavy atom. The topological polar surface area (TPSA) is 90.0 Å². The van der Waals surface area contributed by atoms with Gasteiger partial charge in [0.2, 0.25) is 5.88 Å². The van der Waals surface area contributed by atoms with Crippen LogP contribution >= 0.6 is 0 Å². The van der Waals surface area contributed by atoms with Crippen molar-refractivity contribution in [2.75, 3.05) is 20.3 Å². The molecule has 0 spiro atoms. The van der Waals surface area contributed by atoms with Gasteiger partial charge in [-0.25, -0.2) is 4.98 Å². The minimum absolute atomic E-state index is 0.0194. The summed E-state index contributed by atoms with van der Waals surface area (Å²) in [7, 11) is 1.60. The molecule has 0 radical (unpaired) electrons. The van der Waals surface area contributed by atoms with E-state index in [1.165, 1.54) is 6.20 Å². The SMILES string of the molecule is COCCOc1ccc(/C(N)=N/O)cn1. The minimum Gasteiger partial charge on any atom is -0.475 e. The number of ether oxygens (including phenoxy) is 2. The highest BCUT2D eigenvalue weighted by Crippen LogP contribution is 2.06. The molecule has 0 amide bonds. The Labute approximate surface area is 87.3 Å². The molecule has 0 aliphatic heterocycles. The van der Waals surface area contributed by atoms with E-state index in [0.717, 1.165) is 0 Å². The average molecular weight is 211 g/mol. The third kappa shape index (κ3) is 3.43. The maximum absolute atomic E-state index is 8.42. The van der Waals surface area contributed by atoms with Crippen molar-refractivity contribution in [2.45, 2.75) is 0 Å². The second-order valence-electron chi connectivity index (χ2n) is 2.71. The monoisotopic (exact) mass is 211 g/mol. The van der Waals surface area contributed by atoms with E-state index in [0.29, 0.717) is 24.7 Å². The zero-order chi connectivity index (χ0) is 11.1. The second kappa shape index (κ2) is 5.82. The van der Waals surface area contributed by atoms with Gasteiger partial charge in [-0.15, -0.1) is 0 Å². The maximum Gasteiger partial charge on any atom is 0.213 e. The normalized spacial score (nSPS) is 11.4. The molecule has 1 aromatic rings. The fraction of sp³-hybridized carbons (Fsp3) is 0.333. The highest BCUT2D eigenvalue weighted by Gasteiger charge is 2.00. The molecular weight excluding hydrogens is 198 g/mol. The first-order valence-corrected chi connectivity index (χ1v) is 4.33. The van der Waals surface area contributed by atoms with Gasteiger partial charge >= 0.3 is 0 Å². The summed E-state index contributed by atoms with van der Waals surface area (Å²) in [4.78, 5) is 3.97. The third-order valence-electron chi connectivity index (χ3n) is 1.68. The molecule has 0 aliphatic rings. The molecule has 3 N–H and O–H groups in total. The number of methoxy groups -OCH3 is 1. The zero-order valence-electron chi connectivity index (χ0n) is 8.38. The van der Waals surface area contributed by atoms with Crippen LogP contribution in [-0.2, 0) is 4.74 Å². The largest absolute Gasteiger partial charge is 0.475 e. The van der Waals surface area contributed by atoms with Gasteiger partial charge in [0.25, 0.3) is 0 Å². The van der Waals surface area contributed by atoms with Crippen LogP contribution in [0.4, 0.5) is 0 Å². The summed E-state index contributed by atoms with van der Waals surface area (Å²) < 4.78 is 10.1. The Morgan fingerprint density at radius 2 is 2.33 bits per heavy atom. The molecule has 0 aromatic carbocycles. The zero-order valence-corrected chi connectivity index (χ0v) is 8.38. The summed E-state index contributed by atoms with van der Waals surface area (Å²) >= 11 is 0. The number of nitrogens with zero attached hydrogens (tertiary/aromatic N) is 2. The Kier molecular flexibility index (Phi) is 4.36. The lowest BCUT2D eigenvalue weighted by Gasteiger charge is -2.04. The second-order valence-corrected chi connectivity index (χ2v) is 2.71. The van der Waals surface area contributed by atoms with Crippen LogP contribution in [0.3, 0.4) is 0 Å². The van der Waals surface area contributed by atoms with Gasteiger partial charge in [0, 0.05) is 24.9 Å². The van der Waals surface area contributed by atoms with E-state index in [-0.39, 0.29) is 5.84 Å². The fourth-order valence-electron chi connectivity index (χ4n) is 0.904. The van der Waals surface area contributed by atoms with Crippen molar-refractivity contribution in [2.24, 2.45) is 10.9 Å². The molecule has 6 nitrogen and oxygen atoms in total. The average Bonchev–Trinajstić information content (AvgIpc) is 2.29. The number of hydrogen-bond acceptors (Lipinski definition) is 5. The van der Waals surface area contributed by atoms with Gasteiger partial charge < -0.3 is 20.4 Å². The highest BCUT2D eigenvalue weighted by molar-refractivity contribution is 5.96. The van der Waals surface area contributed by atoms with Gasteiger partial charge in [0.05, 0.1) is 6.61 Å². The Hall–Kier alpha value is -1.82. The van der Waals surface area contributed by atoms with Gasteiger partial charge in [-0.05, 0) is 6.07 Å².